The first-order valence-corrected chi connectivity index (χ1v) is 9.32. The van der Waals surface area contributed by atoms with Crippen LogP contribution in [-0.4, -0.2) is 51.9 Å². The number of hydrogen-bond donors (Lipinski definition) is 2. The van der Waals surface area contributed by atoms with Crippen molar-refractivity contribution in [3.05, 3.63) is 93.4 Å². The maximum absolute atomic E-state index is 13.1. The molecule has 0 aliphatic rings. The lowest BCUT2D eigenvalue weighted by atomic mass is 10.1. The highest BCUT2D eigenvalue weighted by Crippen LogP contribution is 2.25. The molecular formula is C22H23FN4O3. The van der Waals surface area contributed by atoms with Gasteiger partial charge < -0.3 is 15.0 Å². The van der Waals surface area contributed by atoms with E-state index < -0.39 is 23.3 Å². The van der Waals surface area contributed by atoms with E-state index in [9.17, 15) is 19.1 Å². The Balaban J connectivity index is 1.96. The third-order valence-corrected chi connectivity index (χ3v) is 4.69. The average molecular weight is 410 g/mol. The molecule has 2 aromatic carbocycles. The van der Waals surface area contributed by atoms with Crippen LogP contribution in [0.3, 0.4) is 0 Å². The molecular weight excluding hydrogens is 387 g/mol. The van der Waals surface area contributed by atoms with Crippen molar-refractivity contribution in [2.24, 2.45) is 0 Å². The summed E-state index contributed by atoms with van der Waals surface area (Å²) in [4.78, 5) is 35.3. The molecule has 0 spiro atoms. The van der Waals surface area contributed by atoms with Gasteiger partial charge in [-0.2, -0.15) is 0 Å². The maximum atomic E-state index is 13.1. The van der Waals surface area contributed by atoms with Gasteiger partial charge in [0.15, 0.2) is 5.69 Å². The van der Waals surface area contributed by atoms with Crippen LogP contribution in [-0.2, 0) is 6.54 Å². The number of halogens is 1. The van der Waals surface area contributed by atoms with Crippen LogP contribution >= 0.6 is 0 Å². The van der Waals surface area contributed by atoms with Gasteiger partial charge in [0.05, 0.1) is 6.04 Å². The molecule has 1 aromatic heterocycles. The first-order valence-electron chi connectivity index (χ1n) is 9.32. The lowest BCUT2D eigenvalue weighted by Crippen LogP contribution is -2.31. The SMILES string of the molecule is CN(Cc1ccc(F)cc1)C(=O)c1nc(C(c2ccccc2)N(C)C)[nH]c(=O)c1O. The normalized spacial score (nSPS) is 12.0. The van der Waals surface area contributed by atoms with E-state index in [1.807, 2.05) is 49.3 Å². The number of aromatic amines is 1. The van der Waals surface area contributed by atoms with E-state index in [0.29, 0.717) is 5.56 Å². The average Bonchev–Trinajstić information content (AvgIpc) is 2.72. The minimum absolute atomic E-state index is 0.165. The number of nitrogens with one attached hydrogen (secondary N) is 1. The van der Waals surface area contributed by atoms with Gasteiger partial charge >= 0.3 is 0 Å². The molecule has 3 aromatic rings. The summed E-state index contributed by atoms with van der Waals surface area (Å²) in [7, 11) is 5.17. The second kappa shape index (κ2) is 8.87. The molecule has 1 unspecified atom stereocenters. The van der Waals surface area contributed by atoms with Gasteiger partial charge in [0.25, 0.3) is 11.5 Å². The summed E-state index contributed by atoms with van der Waals surface area (Å²) in [5.74, 6) is -1.48. The van der Waals surface area contributed by atoms with Crippen LogP contribution in [0.2, 0.25) is 0 Å². The molecule has 0 saturated carbocycles. The van der Waals surface area contributed by atoms with Gasteiger partial charge in [-0.1, -0.05) is 42.5 Å². The molecule has 7 nitrogen and oxygen atoms in total. The van der Waals surface area contributed by atoms with Crippen molar-refractivity contribution in [2.45, 2.75) is 12.6 Å². The lowest BCUT2D eigenvalue weighted by molar-refractivity contribution is 0.0774. The second-order valence-corrected chi connectivity index (χ2v) is 7.21. The van der Waals surface area contributed by atoms with Crippen molar-refractivity contribution in [3.63, 3.8) is 0 Å². The zero-order valence-electron chi connectivity index (χ0n) is 17.0. The van der Waals surface area contributed by atoms with E-state index in [2.05, 4.69) is 9.97 Å². The summed E-state index contributed by atoms with van der Waals surface area (Å²) < 4.78 is 13.1. The zero-order valence-corrected chi connectivity index (χ0v) is 17.0. The van der Waals surface area contributed by atoms with Crippen LogP contribution in [0.5, 0.6) is 5.75 Å². The van der Waals surface area contributed by atoms with Crippen molar-refractivity contribution in [3.8, 4) is 5.75 Å². The van der Waals surface area contributed by atoms with Crippen LogP contribution in [0.15, 0.2) is 59.4 Å². The quantitative estimate of drug-likeness (QED) is 0.652. The Kier molecular flexibility index (Phi) is 6.27. The van der Waals surface area contributed by atoms with E-state index in [4.69, 9.17) is 0 Å². The van der Waals surface area contributed by atoms with Crippen molar-refractivity contribution in [1.82, 2.24) is 19.8 Å². The van der Waals surface area contributed by atoms with E-state index in [-0.39, 0.29) is 23.9 Å². The van der Waals surface area contributed by atoms with Crippen molar-refractivity contribution < 1.29 is 14.3 Å². The third kappa shape index (κ3) is 4.55. The van der Waals surface area contributed by atoms with Crippen LogP contribution in [0.4, 0.5) is 4.39 Å². The number of nitrogens with zero attached hydrogens (tertiary/aromatic N) is 3. The van der Waals surface area contributed by atoms with Crippen molar-refractivity contribution in [1.29, 1.82) is 0 Å². The minimum atomic E-state index is -0.790. The Hall–Kier alpha value is -3.52. The smallest absolute Gasteiger partial charge is 0.293 e. The number of H-pyrrole nitrogens is 1. The first kappa shape index (κ1) is 21.2. The Morgan fingerprint density at radius 1 is 1.10 bits per heavy atom. The van der Waals surface area contributed by atoms with Crippen LogP contribution in [0.1, 0.15) is 33.5 Å². The Labute approximate surface area is 173 Å². The van der Waals surface area contributed by atoms with Gasteiger partial charge in [-0.05, 0) is 37.4 Å². The van der Waals surface area contributed by atoms with E-state index in [1.165, 1.54) is 24.1 Å². The fourth-order valence-electron chi connectivity index (χ4n) is 3.22. The predicted molar refractivity (Wildman–Crippen MR) is 111 cm³/mol. The number of aromatic nitrogens is 2. The molecule has 156 valence electrons. The van der Waals surface area contributed by atoms with E-state index in [0.717, 1.165) is 5.56 Å². The number of rotatable bonds is 6. The summed E-state index contributed by atoms with van der Waals surface area (Å²) in [6, 6.07) is 14.7. The highest BCUT2D eigenvalue weighted by Gasteiger charge is 2.26. The second-order valence-electron chi connectivity index (χ2n) is 7.21. The topological polar surface area (TPSA) is 89.5 Å². The molecule has 0 bridgehead atoms. The van der Waals surface area contributed by atoms with Gasteiger partial charge in [0.2, 0.25) is 5.75 Å². The fraction of sp³-hybridized carbons (Fsp3) is 0.227. The van der Waals surface area contributed by atoms with Crippen LogP contribution in [0, 0.1) is 5.82 Å². The third-order valence-electron chi connectivity index (χ3n) is 4.69. The van der Waals surface area contributed by atoms with Crippen LogP contribution in [0.25, 0.3) is 0 Å². The maximum Gasteiger partial charge on any atom is 0.293 e. The molecule has 0 fully saturated rings. The zero-order chi connectivity index (χ0) is 21.8. The summed E-state index contributed by atoms with van der Waals surface area (Å²) in [5, 5.41) is 10.2. The lowest BCUT2D eigenvalue weighted by Gasteiger charge is -2.24. The number of benzene rings is 2. The largest absolute Gasteiger partial charge is 0.501 e. The molecule has 0 saturated heterocycles. The molecule has 1 heterocycles. The van der Waals surface area contributed by atoms with Gasteiger partial charge in [-0.25, -0.2) is 9.37 Å². The standard InChI is InChI=1S/C22H23FN4O3/c1-26(2)18(15-7-5-4-6-8-15)20-24-17(19(28)21(29)25-20)22(30)27(3)13-14-9-11-16(23)12-10-14/h4-12,18,28H,13H2,1-3H3,(H,24,25,29). The fourth-order valence-corrected chi connectivity index (χ4v) is 3.22. The monoisotopic (exact) mass is 410 g/mol. The molecule has 0 radical (unpaired) electrons. The highest BCUT2D eigenvalue weighted by atomic mass is 19.1. The molecule has 0 aliphatic heterocycles. The van der Waals surface area contributed by atoms with Gasteiger partial charge in [0.1, 0.15) is 11.6 Å². The molecule has 1 atom stereocenters. The van der Waals surface area contributed by atoms with Gasteiger partial charge in [-0.15, -0.1) is 0 Å². The summed E-state index contributed by atoms with van der Waals surface area (Å²) in [6.45, 7) is 0.165. The first-order chi connectivity index (χ1) is 14.3. The number of carbonyl (C=O) groups excluding carboxylic acids is 1. The molecule has 8 heteroatoms. The van der Waals surface area contributed by atoms with Crippen LogP contribution < -0.4 is 5.56 Å². The minimum Gasteiger partial charge on any atom is -0.501 e. The van der Waals surface area contributed by atoms with Gasteiger partial charge in [-0.3, -0.25) is 14.5 Å². The number of carbonyl (C=O) groups is 1. The van der Waals surface area contributed by atoms with Gasteiger partial charge in [0, 0.05) is 13.6 Å². The molecule has 1 amide bonds. The molecule has 30 heavy (non-hydrogen) atoms. The van der Waals surface area contributed by atoms with Crippen molar-refractivity contribution >= 4 is 5.91 Å². The Bertz CT molecular complexity index is 1080. The molecule has 2 N–H and O–H groups in total. The number of hydrogen-bond acceptors (Lipinski definition) is 5. The van der Waals surface area contributed by atoms with E-state index >= 15 is 0 Å². The highest BCUT2D eigenvalue weighted by molar-refractivity contribution is 5.94. The molecule has 0 aliphatic carbocycles. The summed E-state index contributed by atoms with van der Waals surface area (Å²) >= 11 is 0. The number of amides is 1. The van der Waals surface area contributed by atoms with Crippen molar-refractivity contribution in [2.75, 3.05) is 21.1 Å². The summed E-state index contributed by atoms with van der Waals surface area (Å²) in [6.07, 6.45) is 0. The summed E-state index contributed by atoms with van der Waals surface area (Å²) in [5.41, 5.74) is 0.448. The Morgan fingerprint density at radius 3 is 2.33 bits per heavy atom. The Morgan fingerprint density at radius 2 is 1.73 bits per heavy atom. The predicted octanol–water partition coefficient (Wildman–Crippen LogP) is 2.54. The molecule has 3 rings (SSSR count). The number of aromatic hydroxyl groups is 1. The van der Waals surface area contributed by atoms with E-state index in [1.54, 1.807) is 12.1 Å².